The van der Waals surface area contributed by atoms with Gasteiger partial charge in [0, 0.05) is 24.2 Å². The number of hydrogen-bond acceptors (Lipinski definition) is 3. The zero-order valence-electron chi connectivity index (χ0n) is 18.2. The maximum atomic E-state index is 12.8. The molecule has 0 amide bonds. The van der Waals surface area contributed by atoms with Gasteiger partial charge in [-0.1, -0.05) is 47.9 Å². The van der Waals surface area contributed by atoms with Crippen LogP contribution in [0.2, 0.25) is 0 Å². The fourth-order valence-electron chi connectivity index (χ4n) is 4.18. The Balaban J connectivity index is 1.52. The van der Waals surface area contributed by atoms with E-state index >= 15 is 0 Å². The van der Waals surface area contributed by atoms with Gasteiger partial charge in [-0.05, 0) is 60.3 Å². The van der Waals surface area contributed by atoms with Crippen LogP contribution in [0.15, 0.2) is 59.8 Å². The number of nitrogens with zero attached hydrogens (tertiary/aromatic N) is 6. The molecule has 1 aliphatic rings. The van der Waals surface area contributed by atoms with E-state index in [9.17, 15) is 13.2 Å². The molecule has 33 heavy (non-hydrogen) atoms. The van der Waals surface area contributed by atoms with Gasteiger partial charge in [0.2, 0.25) is 0 Å². The molecule has 0 N–H and O–H groups in total. The summed E-state index contributed by atoms with van der Waals surface area (Å²) in [6, 6.07) is 12.9. The van der Waals surface area contributed by atoms with Crippen LogP contribution >= 0.6 is 0 Å². The summed E-state index contributed by atoms with van der Waals surface area (Å²) in [5.41, 5.74) is 11.8. The second-order valence-electron chi connectivity index (χ2n) is 8.25. The van der Waals surface area contributed by atoms with Crippen molar-refractivity contribution in [1.29, 1.82) is 0 Å². The van der Waals surface area contributed by atoms with Crippen LogP contribution in [0.1, 0.15) is 41.9 Å². The first-order valence-corrected chi connectivity index (χ1v) is 11.0. The summed E-state index contributed by atoms with van der Waals surface area (Å²) in [6.07, 6.45) is 1.18. The van der Waals surface area contributed by atoms with Crippen LogP contribution in [0.3, 0.4) is 0 Å². The monoisotopic (exact) mass is 454 g/mol. The number of likely N-dealkylation sites (tertiary alicyclic amines) is 1. The third kappa shape index (κ3) is 5.74. The lowest BCUT2D eigenvalue weighted by molar-refractivity contribution is -0.137. The number of benzene rings is 2. The minimum absolute atomic E-state index is 0.181. The summed E-state index contributed by atoms with van der Waals surface area (Å²) in [5.74, 6) is 0.714. The van der Waals surface area contributed by atoms with Crippen LogP contribution in [0.4, 0.5) is 13.2 Å². The van der Waals surface area contributed by atoms with Crippen LogP contribution in [0.5, 0.6) is 0 Å². The molecule has 0 radical (unpaired) electrons. The molecule has 4 rings (SSSR count). The van der Waals surface area contributed by atoms with E-state index in [2.05, 4.69) is 24.5 Å². The molecular weight excluding hydrogens is 429 g/mol. The van der Waals surface area contributed by atoms with Crippen LogP contribution in [0.25, 0.3) is 21.6 Å². The number of azide groups is 1. The van der Waals surface area contributed by atoms with Crippen molar-refractivity contribution in [2.24, 2.45) is 5.11 Å². The third-order valence-electron chi connectivity index (χ3n) is 5.97. The first kappa shape index (κ1) is 22.9. The predicted molar refractivity (Wildman–Crippen MR) is 120 cm³/mol. The zero-order valence-corrected chi connectivity index (χ0v) is 18.2. The number of imidazole rings is 1. The molecule has 0 spiro atoms. The molecule has 1 aromatic heterocycles. The number of piperidine rings is 1. The molecule has 6 nitrogen and oxygen atoms in total. The molecule has 1 aliphatic heterocycles. The Kier molecular flexibility index (Phi) is 7.01. The zero-order chi connectivity index (χ0) is 23.3. The Morgan fingerprint density at radius 3 is 2.15 bits per heavy atom. The lowest BCUT2D eigenvalue weighted by Gasteiger charge is -2.26. The van der Waals surface area contributed by atoms with Crippen molar-refractivity contribution in [3.63, 3.8) is 0 Å². The fourth-order valence-corrected chi connectivity index (χ4v) is 4.18. The molecule has 1 fully saturated rings. The lowest BCUT2D eigenvalue weighted by Crippen LogP contribution is -2.30. The van der Waals surface area contributed by atoms with Crippen molar-refractivity contribution in [2.45, 2.75) is 45.1 Å². The highest BCUT2D eigenvalue weighted by atomic mass is 19.4. The average Bonchev–Trinajstić information content (AvgIpc) is 3.19. The van der Waals surface area contributed by atoms with Gasteiger partial charge in [0.05, 0.1) is 17.8 Å². The molecular formula is C24H25F3N6. The molecule has 172 valence electrons. The van der Waals surface area contributed by atoms with E-state index < -0.39 is 11.7 Å². The molecule has 3 aromatic rings. The van der Waals surface area contributed by atoms with Gasteiger partial charge in [0.1, 0.15) is 5.82 Å². The van der Waals surface area contributed by atoms with Crippen LogP contribution in [-0.2, 0) is 25.8 Å². The van der Waals surface area contributed by atoms with Crippen molar-refractivity contribution < 1.29 is 13.2 Å². The van der Waals surface area contributed by atoms with E-state index in [1.165, 1.54) is 31.4 Å². The fraction of sp³-hybridized carbons (Fsp3) is 0.375. The van der Waals surface area contributed by atoms with E-state index in [0.717, 1.165) is 54.2 Å². The molecule has 0 bridgehead atoms. The number of halogens is 3. The molecule has 0 aliphatic carbocycles. The van der Waals surface area contributed by atoms with E-state index in [1.807, 2.05) is 30.5 Å². The second-order valence-corrected chi connectivity index (χ2v) is 8.25. The summed E-state index contributed by atoms with van der Waals surface area (Å²) in [4.78, 5) is 9.77. The number of alkyl halides is 3. The van der Waals surface area contributed by atoms with Gasteiger partial charge in [0.15, 0.2) is 0 Å². The van der Waals surface area contributed by atoms with E-state index in [0.29, 0.717) is 12.4 Å². The van der Waals surface area contributed by atoms with Gasteiger partial charge in [-0.15, -0.1) is 0 Å². The Bertz CT molecular complexity index is 1110. The smallest absolute Gasteiger partial charge is 0.326 e. The predicted octanol–water partition coefficient (Wildman–Crippen LogP) is 6.41. The standard InChI is InChI=1S/C24H25F3N6/c25-24(26,27)21-10-8-20(9-11-21)19-6-4-18(5-7-19)16-33-22(14-29-23(33)15-30-31-28)17-32-12-2-1-3-13-32/h4-11,14H,1-3,12-13,15-17H2. The molecule has 0 unspecified atom stereocenters. The van der Waals surface area contributed by atoms with E-state index in [-0.39, 0.29) is 6.54 Å². The minimum atomic E-state index is -4.34. The Labute approximate surface area is 190 Å². The van der Waals surface area contributed by atoms with Crippen LogP contribution < -0.4 is 0 Å². The van der Waals surface area contributed by atoms with Crippen LogP contribution in [0, 0.1) is 0 Å². The van der Waals surface area contributed by atoms with E-state index in [4.69, 9.17) is 5.53 Å². The third-order valence-corrected chi connectivity index (χ3v) is 5.97. The maximum Gasteiger partial charge on any atom is 0.416 e. The molecule has 2 aromatic carbocycles. The number of aromatic nitrogens is 2. The summed E-state index contributed by atoms with van der Waals surface area (Å²) >= 11 is 0. The second kappa shape index (κ2) is 10.1. The summed E-state index contributed by atoms with van der Waals surface area (Å²) in [7, 11) is 0. The normalized spacial score (nSPS) is 14.8. The summed E-state index contributed by atoms with van der Waals surface area (Å²) in [5, 5.41) is 3.69. The maximum absolute atomic E-state index is 12.8. The SMILES string of the molecule is [N-]=[N+]=NCc1ncc(CN2CCCCC2)n1Cc1ccc(-c2ccc(C(F)(F)F)cc2)cc1. The molecule has 0 atom stereocenters. The van der Waals surface area contributed by atoms with Crippen LogP contribution in [-0.4, -0.2) is 27.5 Å². The minimum Gasteiger partial charge on any atom is -0.326 e. The van der Waals surface area contributed by atoms with Gasteiger partial charge < -0.3 is 4.57 Å². The summed E-state index contributed by atoms with van der Waals surface area (Å²) in [6.45, 7) is 3.69. The molecule has 0 saturated carbocycles. The Morgan fingerprint density at radius 2 is 1.55 bits per heavy atom. The van der Waals surface area contributed by atoms with Gasteiger partial charge >= 0.3 is 6.18 Å². The number of hydrogen-bond donors (Lipinski definition) is 0. The van der Waals surface area contributed by atoms with Crippen molar-refractivity contribution in [2.75, 3.05) is 13.1 Å². The van der Waals surface area contributed by atoms with Crippen molar-refractivity contribution in [3.05, 3.63) is 87.8 Å². The van der Waals surface area contributed by atoms with Crippen molar-refractivity contribution in [1.82, 2.24) is 14.5 Å². The average molecular weight is 454 g/mol. The van der Waals surface area contributed by atoms with Crippen molar-refractivity contribution in [3.8, 4) is 11.1 Å². The van der Waals surface area contributed by atoms with Gasteiger partial charge in [0.25, 0.3) is 0 Å². The van der Waals surface area contributed by atoms with Gasteiger partial charge in [-0.2, -0.15) is 13.2 Å². The highest BCUT2D eigenvalue weighted by Crippen LogP contribution is 2.31. The molecule has 9 heteroatoms. The van der Waals surface area contributed by atoms with Gasteiger partial charge in [-0.25, -0.2) is 4.98 Å². The van der Waals surface area contributed by atoms with E-state index in [1.54, 1.807) is 0 Å². The van der Waals surface area contributed by atoms with Gasteiger partial charge in [-0.3, -0.25) is 4.90 Å². The largest absolute Gasteiger partial charge is 0.416 e. The first-order valence-electron chi connectivity index (χ1n) is 11.0. The molecule has 1 saturated heterocycles. The lowest BCUT2D eigenvalue weighted by atomic mass is 10.0. The summed E-state index contributed by atoms with van der Waals surface area (Å²) < 4.78 is 40.5. The Hall–Kier alpha value is -3.29. The Morgan fingerprint density at radius 1 is 0.909 bits per heavy atom. The highest BCUT2D eigenvalue weighted by Gasteiger charge is 2.30. The first-order chi connectivity index (χ1) is 15.9. The quantitative estimate of drug-likeness (QED) is 0.235. The van der Waals surface area contributed by atoms with Crippen molar-refractivity contribution >= 4 is 0 Å². The topological polar surface area (TPSA) is 69.8 Å². The molecule has 2 heterocycles. The highest BCUT2D eigenvalue weighted by molar-refractivity contribution is 5.64. The number of rotatable bonds is 7.